The third-order valence-corrected chi connectivity index (χ3v) is 4.85. The Balaban J connectivity index is 1.84. The van der Waals surface area contributed by atoms with Gasteiger partial charge in [0.25, 0.3) is 5.82 Å². The Labute approximate surface area is 142 Å². The van der Waals surface area contributed by atoms with Gasteiger partial charge < -0.3 is 4.42 Å². The average Bonchev–Trinajstić information content (AvgIpc) is 3.30. The zero-order valence-corrected chi connectivity index (χ0v) is 13.3. The average molecular weight is 325 g/mol. The van der Waals surface area contributed by atoms with E-state index in [1.807, 2.05) is 24.5 Å². The molecule has 5 nitrogen and oxygen atoms in total. The lowest BCUT2D eigenvalue weighted by Gasteiger charge is -2.01. The highest BCUT2D eigenvalue weighted by Crippen LogP contribution is 2.37. The minimum Gasteiger partial charge on any atom is -0.400 e. The number of hydrogen-bond acceptors (Lipinski definition) is 3. The highest BCUT2D eigenvalue weighted by Gasteiger charge is 2.38. The van der Waals surface area contributed by atoms with E-state index >= 15 is 0 Å². The predicted octanol–water partition coefficient (Wildman–Crippen LogP) is 3.48. The highest BCUT2D eigenvalue weighted by atomic mass is 16.4. The van der Waals surface area contributed by atoms with Gasteiger partial charge in [-0.3, -0.25) is 4.98 Å². The molecule has 0 saturated carbocycles. The Hall–Kier alpha value is -3.47. The summed E-state index contributed by atoms with van der Waals surface area (Å²) >= 11 is 0. The Kier molecular flexibility index (Phi) is 2.34. The maximum Gasteiger partial charge on any atom is 0.341 e. The van der Waals surface area contributed by atoms with Crippen molar-refractivity contribution in [3.63, 3.8) is 0 Å². The lowest BCUT2D eigenvalue weighted by atomic mass is 10.1. The van der Waals surface area contributed by atoms with Crippen molar-refractivity contribution in [2.75, 3.05) is 0 Å². The number of fused-ring (bicyclic) bond motifs is 7. The maximum absolute atomic E-state index is 6.14. The summed E-state index contributed by atoms with van der Waals surface area (Å²) in [6.07, 6.45) is 5.55. The van der Waals surface area contributed by atoms with Crippen LogP contribution in [0, 0.1) is 0 Å². The van der Waals surface area contributed by atoms with Crippen molar-refractivity contribution in [2.24, 2.45) is 0 Å². The molecule has 0 bridgehead atoms. The third-order valence-electron chi connectivity index (χ3n) is 4.85. The minimum atomic E-state index is 0.668. The minimum absolute atomic E-state index is 0.668. The van der Waals surface area contributed by atoms with Gasteiger partial charge in [0, 0.05) is 24.2 Å². The Morgan fingerprint density at radius 2 is 1.92 bits per heavy atom. The van der Waals surface area contributed by atoms with E-state index in [2.05, 4.69) is 55.5 Å². The molecule has 5 heterocycles. The number of hydrogen-bond donors (Lipinski definition) is 0. The van der Waals surface area contributed by atoms with Crippen LogP contribution in [0.25, 0.3) is 39.4 Å². The molecule has 0 spiro atoms. The zero-order chi connectivity index (χ0) is 16.4. The number of nitrogens with zero attached hydrogens (tertiary/aromatic N) is 4. The standard InChI is InChI=1S/C20H13N4O/c1-2-5-14(6-3-1)24-17-16-7-4-9-22-18(16)25-20(17)23-12-13-11-21-10-8-15(13)19(23)24/h1-11H,12H2/q+1. The van der Waals surface area contributed by atoms with Crippen molar-refractivity contribution in [2.45, 2.75) is 6.54 Å². The lowest BCUT2D eigenvalue weighted by Crippen LogP contribution is -2.31. The summed E-state index contributed by atoms with van der Waals surface area (Å²) in [5.41, 5.74) is 6.09. The number of imidazole rings is 1. The van der Waals surface area contributed by atoms with Crippen LogP contribution >= 0.6 is 0 Å². The van der Waals surface area contributed by atoms with Gasteiger partial charge in [-0.2, -0.15) is 9.13 Å². The Morgan fingerprint density at radius 1 is 1.00 bits per heavy atom. The highest BCUT2D eigenvalue weighted by molar-refractivity contribution is 6.01. The first kappa shape index (κ1) is 12.9. The fraction of sp³-hybridized carbons (Fsp3) is 0.0500. The summed E-state index contributed by atoms with van der Waals surface area (Å²) < 4.78 is 10.6. The first-order valence-corrected chi connectivity index (χ1v) is 8.22. The molecule has 0 atom stereocenters. The second kappa shape index (κ2) is 4.54. The molecule has 0 saturated heterocycles. The van der Waals surface area contributed by atoms with Gasteiger partial charge in [-0.15, -0.1) is 0 Å². The third kappa shape index (κ3) is 1.59. The largest absolute Gasteiger partial charge is 0.400 e. The molecule has 1 aliphatic heterocycles. The van der Waals surface area contributed by atoms with Gasteiger partial charge in [0.05, 0.1) is 10.9 Å². The molecule has 0 fully saturated rings. The number of furan rings is 1. The summed E-state index contributed by atoms with van der Waals surface area (Å²) in [4.78, 5) is 8.67. The molecular formula is C20H13N4O+. The number of rotatable bonds is 1. The SMILES string of the molecule is c1ccc(-n2c3[n+](c4oc5ncccc5c42)Cc2cnccc2-3)cc1. The van der Waals surface area contributed by atoms with Crippen molar-refractivity contribution in [3.05, 3.63) is 72.7 Å². The van der Waals surface area contributed by atoms with Crippen molar-refractivity contribution in [1.29, 1.82) is 0 Å². The summed E-state index contributed by atoms with van der Waals surface area (Å²) in [5, 5.41) is 1.03. The van der Waals surface area contributed by atoms with E-state index in [1.165, 1.54) is 11.1 Å². The van der Waals surface area contributed by atoms with Crippen LogP contribution in [0.2, 0.25) is 0 Å². The van der Waals surface area contributed by atoms with E-state index in [0.29, 0.717) is 5.71 Å². The zero-order valence-electron chi connectivity index (χ0n) is 13.3. The predicted molar refractivity (Wildman–Crippen MR) is 93.4 cm³/mol. The van der Waals surface area contributed by atoms with E-state index < -0.39 is 0 Å². The number of pyridine rings is 2. The fourth-order valence-electron chi connectivity index (χ4n) is 3.81. The van der Waals surface area contributed by atoms with Crippen LogP contribution in [0.1, 0.15) is 5.56 Å². The van der Waals surface area contributed by atoms with Crippen LogP contribution in [0.4, 0.5) is 0 Å². The van der Waals surface area contributed by atoms with Crippen LogP contribution < -0.4 is 4.57 Å². The monoisotopic (exact) mass is 325 g/mol. The van der Waals surface area contributed by atoms with E-state index in [1.54, 1.807) is 6.20 Å². The molecule has 1 aromatic carbocycles. The molecule has 0 N–H and O–H groups in total. The van der Waals surface area contributed by atoms with E-state index in [0.717, 1.165) is 34.7 Å². The van der Waals surface area contributed by atoms with Crippen molar-refractivity contribution >= 4 is 22.3 Å². The van der Waals surface area contributed by atoms with E-state index in [-0.39, 0.29) is 0 Å². The molecule has 4 aromatic heterocycles. The van der Waals surface area contributed by atoms with Gasteiger partial charge in [0.2, 0.25) is 11.2 Å². The molecule has 0 unspecified atom stereocenters. The number of benzene rings is 1. The van der Waals surface area contributed by atoms with E-state index in [4.69, 9.17) is 4.42 Å². The summed E-state index contributed by atoms with van der Waals surface area (Å²) in [6, 6.07) is 16.5. The Bertz CT molecular complexity index is 1270. The smallest absolute Gasteiger partial charge is 0.341 e. The van der Waals surface area contributed by atoms with Crippen LogP contribution in [0.15, 0.2) is 71.5 Å². The summed E-state index contributed by atoms with van der Waals surface area (Å²) in [5.74, 6) is 1.13. The van der Waals surface area contributed by atoms with Crippen LogP contribution in [-0.4, -0.2) is 14.5 Å². The summed E-state index contributed by atoms with van der Waals surface area (Å²) in [7, 11) is 0. The van der Waals surface area contributed by atoms with Crippen LogP contribution in [0.3, 0.4) is 0 Å². The number of aromatic nitrogens is 4. The van der Waals surface area contributed by atoms with Gasteiger partial charge in [0.1, 0.15) is 12.2 Å². The molecule has 1 aliphatic rings. The van der Waals surface area contributed by atoms with Gasteiger partial charge >= 0.3 is 5.71 Å². The molecule has 118 valence electrons. The van der Waals surface area contributed by atoms with Gasteiger partial charge in [0.15, 0.2) is 0 Å². The van der Waals surface area contributed by atoms with Crippen molar-refractivity contribution < 1.29 is 8.98 Å². The van der Waals surface area contributed by atoms with Gasteiger partial charge in [-0.25, -0.2) is 4.98 Å². The van der Waals surface area contributed by atoms with Gasteiger partial charge in [-0.1, -0.05) is 18.2 Å². The summed E-state index contributed by atoms with van der Waals surface area (Å²) in [6.45, 7) is 0.759. The molecule has 5 aromatic rings. The van der Waals surface area contributed by atoms with E-state index in [9.17, 15) is 0 Å². The molecule has 0 radical (unpaired) electrons. The second-order valence-corrected chi connectivity index (χ2v) is 6.23. The second-order valence-electron chi connectivity index (χ2n) is 6.23. The lowest BCUT2D eigenvalue weighted by molar-refractivity contribution is -0.652. The molecule has 5 heteroatoms. The first-order valence-electron chi connectivity index (χ1n) is 8.22. The molecule has 6 rings (SSSR count). The molecule has 0 amide bonds. The topological polar surface area (TPSA) is 47.7 Å². The van der Waals surface area contributed by atoms with Crippen molar-refractivity contribution in [1.82, 2.24) is 14.5 Å². The van der Waals surface area contributed by atoms with Crippen LogP contribution in [-0.2, 0) is 6.54 Å². The molecule has 25 heavy (non-hydrogen) atoms. The quantitative estimate of drug-likeness (QED) is 0.435. The molecular weight excluding hydrogens is 312 g/mol. The molecule has 0 aliphatic carbocycles. The normalized spacial score (nSPS) is 12.6. The maximum atomic E-state index is 6.14. The number of para-hydroxylation sites is 1. The Morgan fingerprint density at radius 3 is 2.84 bits per heavy atom. The fourth-order valence-corrected chi connectivity index (χ4v) is 3.81. The van der Waals surface area contributed by atoms with Crippen LogP contribution in [0.5, 0.6) is 0 Å². The first-order chi connectivity index (χ1) is 12.4. The van der Waals surface area contributed by atoms with Gasteiger partial charge in [-0.05, 0) is 30.3 Å². The van der Waals surface area contributed by atoms with Crippen molar-refractivity contribution in [3.8, 4) is 17.1 Å².